The molecule has 1 aliphatic heterocycles. The minimum Gasteiger partial charge on any atom is -0.317 e. The highest BCUT2D eigenvalue weighted by Crippen LogP contribution is 2.37. The summed E-state index contributed by atoms with van der Waals surface area (Å²) in [5, 5.41) is 3.27. The molecule has 1 saturated heterocycles. The molecule has 0 saturated carbocycles. The van der Waals surface area contributed by atoms with E-state index in [2.05, 4.69) is 12.2 Å². The van der Waals surface area contributed by atoms with Crippen LogP contribution in [0.25, 0.3) is 0 Å². The first kappa shape index (κ1) is 16.5. The van der Waals surface area contributed by atoms with Gasteiger partial charge in [-0.05, 0) is 25.5 Å². The van der Waals surface area contributed by atoms with E-state index in [9.17, 15) is 8.42 Å². The smallest absolute Gasteiger partial charge is 0.245 e. The maximum absolute atomic E-state index is 12.6. The summed E-state index contributed by atoms with van der Waals surface area (Å²) in [4.78, 5) is 0.131. The maximum atomic E-state index is 12.6. The van der Waals surface area contributed by atoms with Gasteiger partial charge in [0.25, 0.3) is 0 Å². The molecule has 0 spiro atoms. The van der Waals surface area contributed by atoms with Gasteiger partial charge in [-0.1, -0.05) is 36.5 Å². The van der Waals surface area contributed by atoms with Crippen molar-refractivity contribution in [2.45, 2.75) is 30.7 Å². The molecule has 1 aliphatic rings. The topological polar surface area (TPSA) is 49.4 Å². The number of thiophene rings is 1. The van der Waals surface area contributed by atoms with Crippen LogP contribution in [-0.4, -0.2) is 38.9 Å². The van der Waals surface area contributed by atoms with Crippen LogP contribution in [0.4, 0.5) is 0 Å². The third kappa shape index (κ3) is 3.15. The fourth-order valence-corrected chi connectivity index (χ4v) is 6.28. The molecule has 114 valence electrons. The van der Waals surface area contributed by atoms with E-state index < -0.39 is 10.0 Å². The third-order valence-electron chi connectivity index (χ3n) is 3.84. The zero-order chi connectivity index (χ0) is 14.9. The zero-order valence-corrected chi connectivity index (χ0v) is 14.5. The Morgan fingerprint density at radius 3 is 2.70 bits per heavy atom. The highest BCUT2D eigenvalue weighted by molar-refractivity contribution is 7.89. The van der Waals surface area contributed by atoms with Gasteiger partial charge < -0.3 is 5.32 Å². The maximum Gasteiger partial charge on any atom is 0.245 e. The van der Waals surface area contributed by atoms with Gasteiger partial charge in [0, 0.05) is 19.1 Å². The van der Waals surface area contributed by atoms with Crippen molar-refractivity contribution in [2.75, 3.05) is 20.1 Å². The Morgan fingerprint density at radius 1 is 1.50 bits per heavy atom. The number of halogens is 2. The average Bonchev–Trinajstić information content (AvgIpc) is 2.77. The zero-order valence-electron chi connectivity index (χ0n) is 11.4. The molecule has 0 amide bonds. The first-order chi connectivity index (χ1) is 9.40. The number of hydrogen-bond acceptors (Lipinski definition) is 4. The number of nitrogens with zero attached hydrogens (tertiary/aromatic N) is 1. The molecule has 0 aliphatic carbocycles. The molecule has 8 heteroatoms. The van der Waals surface area contributed by atoms with Gasteiger partial charge >= 0.3 is 0 Å². The van der Waals surface area contributed by atoms with Gasteiger partial charge in [0.05, 0.1) is 4.34 Å². The van der Waals surface area contributed by atoms with Gasteiger partial charge in [-0.15, -0.1) is 11.3 Å². The van der Waals surface area contributed by atoms with E-state index in [-0.39, 0.29) is 9.23 Å². The Hall–Kier alpha value is 0.150. The second-order valence-corrected chi connectivity index (χ2v) is 9.10. The summed E-state index contributed by atoms with van der Waals surface area (Å²) < 4.78 is 27.5. The summed E-state index contributed by atoms with van der Waals surface area (Å²) in [6, 6.07) is 1.81. The Bertz CT molecular complexity index is 574. The largest absolute Gasteiger partial charge is 0.317 e. The molecule has 2 unspecified atom stereocenters. The number of hydrogen-bond donors (Lipinski definition) is 1. The molecule has 2 atom stereocenters. The van der Waals surface area contributed by atoms with Crippen molar-refractivity contribution in [2.24, 2.45) is 5.92 Å². The van der Waals surface area contributed by atoms with E-state index in [1.54, 1.807) is 0 Å². The molecular weight excluding hydrogens is 339 g/mol. The Balaban J connectivity index is 2.25. The predicted molar refractivity (Wildman–Crippen MR) is 84.3 cm³/mol. The Labute approximate surface area is 134 Å². The summed E-state index contributed by atoms with van der Waals surface area (Å²) in [5.74, 6) is 0.316. The monoisotopic (exact) mass is 356 g/mol. The average molecular weight is 357 g/mol. The first-order valence-corrected chi connectivity index (χ1v) is 9.53. The van der Waals surface area contributed by atoms with E-state index in [1.165, 1.54) is 10.4 Å². The van der Waals surface area contributed by atoms with Crippen molar-refractivity contribution in [1.82, 2.24) is 9.62 Å². The number of nitrogens with one attached hydrogen (secondary N) is 1. The predicted octanol–water partition coefficient (Wildman–Crippen LogP) is 3.06. The highest BCUT2D eigenvalue weighted by Gasteiger charge is 2.35. The van der Waals surface area contributed by atoms with Crippen LogP contribution in [0.3, 0.4) is 0 Å². The lowest BCUT2D eigenvalue weighted by Crippen LogP contribution is -2.49. The molecule has 0 aromatic carbocycles. The molecule has 1 N–H and O–H groups in total. The lowest BCUT2D eigenvalue weighted by molar-refractivity contribution is 0.209. The van der Waals surface area contributed by atoms with E-state index in [1.807, 2.05) is 7.05 Å². The van der Waals surface area contributed by atoms with Gasteiger partial charge in [0.1, 0.15) is 9.23 Å². The van der Waals surface area contributed by atoms with Crippen LogP contribution in [0.15, 0.2) is 11.0 Å². The molecule has 20 heavy (non-hydrogen) atoms. The minimum atomic E-state index is -3.55. The Morgan fingerprint density at radius 2 is 2.20 bits per heavy atom. The van der Waals surface area contributed by atoms with Crippen LogP contribution in [0.5, 0.6) is 0 Å². The molecule has 1 fully saturated rings. The lowest BCUT2D eigenvalue weighted by atomic mass is 9.91. The molecule has 4 nitrogen and oxygen atoms in total. The number of rotatable bonds is 4. The Kier molecular flexibility index (Phi) is 5.37. The van der Waals surface area contributed by atoms with Crippen molar-refractivity contribution >= 4 is 44.6 Å². The summed E-state index contributed by atoms with van der Waals surface area (Å²) in [5.41, 5.74) is 0. The van der Waals surface area contributed by atoms with Crippen LogP contribution < -0.4 is 5.32 Å². The lowest BCUT2D eigenvalue weighted by Gasteiger charge is -2.37. The van der Waals surface area contributed by atoms with E-state index >= 15 is 0 Å². The molecule has 1 aromatic rings. The van der Waals surface area contributed by atoms with Crippen LogP contribution in [0.2, 0.25) is 8.67 Å². The van der Waals surface area contributed by atoms with Gasteiger partial charge in [-0.25, -0.2) is 8.42 Å². The van der Waals surface area contributed by atoms with Gasteiger partial charge in [0.2, 0.25) is 10.0 Å². The van der Waals surface area contributed by atoms with Crippen LogP contribution in [0, 0.1) is 5.92 Å². The van der Waals surface area contributed by atoms with E-state index in [0.717, 1.165) is 24.2 Å². The van der Waals surface area contributed by atoms with E-state index in [0.29, 0.717) is 29.4 Å². The first-order valence-electron chi connectivity index (χ1n) is 6.52. The van der Waals surface area contributed by atoms with Crippen molar-refractivity contribution in [3.05, 3.63) is 14.7 Å². The standard InChI is InChI=1S/C12H18Cl2N2O2S2/c1-3-8-7-16(5-4-9(8)15-2)20(17,18)10-6-11(13)19-12(10)14/h6,8-9,15H,3-5,7H2,1-2H3. The van der Waals surface area contributed by atoms with Crippen LogP contribution >= 0.6 is 34.5 Å². The quantitative estimate of drug-likeness (QED) is 0.901. The second-order valence-electron chi connectivity index (χ2n) is 4.90. The number of sulfonamides is 1. The van der Waals surface area contributed by atoms with Gasteiger partial charge in [-0.2, -0.15) is 4.31 Å². The molecule has 1 aromatic heterocycles. The van der Waals surface area contributed by atoms with Crippen molar-refractivity contribution in [3.63, 3.8) is 0 Å². The van der Waals surface area contributed by atoms with E-state index in [4.69, 9.17) is 23.2 Å². The van der Waals surface area contributed by atoms with Crippen molar-refractivity contribution < 1.29 is 8.42 Å². The third-order valence-corrected chi connectivity index (χ3v) is 7.45. The summed E-state index contributed by atoms with van der Waals surface area (Å²) in [6.45, 7) is 3.11. The molecule has 0 radical (unpaired) electrons. The summed E-state index contributed by atoms with van der Waals surface area (Å²) >= 11 is 12.9. The highest BCUT2D eigenvalue weighted by atomic mass is 35.5. The van der Waals surface area contributed by atoms with Gasteiger partial charge in [-0.3, -0.25) is 0 Å². The van der Waals surface area contributed by atoms with Crippen LogP contribution in [-0.2, 0) is 10.0 Å². The summed E-state index contributed by atoms with van der Waals surface area (Å²) in [6.07, 6.45) is 1.75. The minimum absolute atomic E-state index is 0.131. The fraction of sp³-hybridized carbons (Fsp3) is 0.667. The second kappa shape index (κ2) is 6.50. The van der Waals surface area contributed by atoms with Crippen molar-refractivity contribution in [1.29, 1.82) is 0 Å². The SMILES string of the molecule is CCC1CN(S(=O)(=O)c2cc(Cl)sc2Cl)CCC1NC. The molecule has 0 bridgehead atoms. The van der Waals surface area contributed by atoms with Crippen molar-refractivity contribution in [3.8, 4) is 0 Å². The van der Waals surface area contributed by atoms with Crippen LogP contribution in [0.1, 0.15) is 19.8 Å². The molecule has 2 heterocycles. The normalized spacial score (nSPS) is 25.0. The van der Waals surface area contributed by atoms with Gasteiger partial charge in [0.15, 0.2) is 0 Å². The number of piperidine rings is 1. The fourth-order valence-electron chi connectivity index (χ4n) is 2.65. The molecule has 2 rings (SSSR count). The summed E-state index contributed by atoms with van der Waals surface area (Å²) in [7, 11) is -1.62. The molecular formula is C12H18Cl2N2O2S2.